The Bertz CT molecular complexity index is 781. The van der Waals surface area contributed by atoms with Crippen LogP contribution in [-0.2, 0) is 4.74 Å². The van der Waals surface area contributed by atoms with Crippen LogP contribution in [0.25, 0.3) is 0 Å². The molecule has 0 bridgehead atoms. The highest BCUT2D eigenvalue weighted by Gasteiger charge is 2.31. The summed E-state index contributed by atoms with van der Waals surface area (Å²) in [4.78, 5) is 15.9. The summed E-state index contributed by atoms with van der Waals surface area (Å²) in [6, 6.07) is 6.97. The number of hydrogen-bond donors (Lipinski definition) is 1. The van der Waals surface area contributed by atoms with E-state index in [9.17, 15) is 9.90 Å². The molecule has 28 heavy (non-hydrogen) atoms. The molecule has 0 aliphatic carbocycles. The smallest absolute Gasteiger partial charge is 0.410 e. The number of ether oxygens (including phenoxy) is 1. The van der Waals surface area contributed by atoms with Crippen LogP contribution in [0, 0.1) is 0 Å². The molecule has 3 rings (SSSR count). The highest BCUT2D eigenvalue weighted by Crippen LogP contribution is 2.29. The number of nitrogens with zero attached hydrogens (tertiary/aromatic N) is 4. The van der Waals surface area contributed by atoms with Gasteiger partial charge in [-0.3, -0.25) is 0 Å². The van der Waals surface area contributed by atoms with Gasteiger partial charge >= 0.3 is 6.09 Å². The number of piperazine rings is 1. The number of rotatable bonds is 2. The summed E-state index contributed by atoms with van der Waals surface area (Å²) in [5.74, 6) is 0. The van der Waals surface area contributed by atoms with Gasteiger partial charge in [-0.25, -0.2) is 9.80 Å². The van der Waals surface area contributed by atoms with E-state index in [0.717, 1.165) is 0 Å². The van der Waals surface area contributed by atoms with E-state index in [1.807, 2.05) is 25.7 Å². The van der Waals surface area contributed by atoms with Crippen LogP contribution in [0.1, 0.15) is 20.8 Å². The molecule has 1 aromatic carbocycles. The maximum atomic E-state index is 12.2. The van der Waals surface area contributed by atoms with Crippen LogP contribution in [0.4, 0.5) is 10.5 Å². The zero-order valence-electron chi connectivity index (χ0n) is 16.1. The van der Waals surface area contributed by atoms with Gasteiger partial charge in [0.05, 0.1) is 22.6 Å². The fourth-order valence-corrected chi connectivity index (χ4v) is 3.36. The molecule has 7 nitrogen and oxygen atoms in total. The summed E-state index contributed by atoms with van der Waals surface area (Å²) < 4.78 is 5.42. The number of hydrazone groups is 1. The Morgan fingerprint density at radius 1 is 1.14 bits per heavy atom. The molecule has 1 amide bonds. The van der Waals surface area contributed by atoms with E-state index in [0.29, 0.717) is 42.6 Å². The first-order valence-electron chi connectivity index (χ1n) is 9.05. The average molecular weight is 427 g/mol. The first-order chi connectivity index (χ1) is 13.2. The third-order valence-corrected chi connectivity index (χ3v) is 5.01. The molecule has 2 heterocycles. The van der Waals surface area contributed by atoms with Crippen molar-refractivity contribution in [3.05, 3.63) is 40.0 Å². The lowest BCUT2D eigenvalue weighted by molar-refractivity contribution is 0.0171. The zero-order valence-corrected chi connectivity index (χ0v) is 17.6. The van der Waals surface area contributed by atoms with Crippen LogP contribution in [0.2, 0.25) is 5.02 Å². The van der Waals surface area contributed by atoms with Crippen molar-refractivity contribution in [2.24, 2.45) is 5.10 Å². The molecule has 1 aromatic rings. The predicted molar refractivity (Wildman–Crippen MR) is 111 cm³/mol. The van der Waals surface area contributed by atoms with E-state index in [2.05, 4.69) is 5.10 Å². The van der Waals surface area contributed by atoms with Crippen molar-refractivity contribution in [3.8, 4) is 0 Å². The fourth-order valence-electron chi connectivity index (χ4n) is 2.97. The summed E-state index contributed by atoms with van der Waals surface area (Å²) in [6.45, 7) is 7.70. The third-order valence-electron chi connectivity index (χ3n) is 4.37. The number of amides is 1. The van der Waals surface area contributed by atoms with Gasteiger partial charge in [-0.1, -0.05) is 23.2 Å². The molecule has 0 saturated carbocycles. The lowest BCUT2D eigenvalue weighted by Crippen LogP contribution is -2.50. The highest BCUT2D eigenvalue weighted by atomic mass is 35.5. The molecular weight excluding hydrogens is 403 g/mol. The lowest BCUT2D eigenvalue weighted by atomic mass is 10.2. The Morgan fingerprint density at radius 2 is 1.75 bits per heavy atom. The van der Waals surface area contributed by atoms with E-state index in [-0.39, 0.29) is 11.1 Å². The molecule has 2 aliphatic rings. The molecule has 1 fully saturated rings. The minimum atomic E-state index is -1.09. The Labute approximate surface area is 174 Å². The van der Waals surface area contributed by atoms with Crippen molar-refractivity contribution in [3.63, 3.8) is 0 Å². The van der Waals surface area contributed by atoms with Gasteiger partial charge in [0.2, 0.25) is 0 Å². The number of hydrogen-bond acceptors (Lipinski definition) is 6. The fraction of sp³-hybridized carbons (Fsp3) is 0.474. The number of aliphatic hydroxyl groups excluding tert-OH is 1. The lowest BCUT2D eigenvalue weighted by Gasteiger charge is -2.39. The minimum Gasteiger partial charge on any atom is -0.444 e. The molecular formula is C19H24Cl2N4O3. The number of carbonyl (C=O) groups is 1. The average Bonchev–Trinajstić information content (AvgIpc) is 2.64. The first-order valence-corrected chi connectivity index (χ1v) is 9.81. The van der Waals surface area contributed by atoms with Crippen molar-refractivity contribution in [2.45, 2.75) is 32.6 Å². The van der Waals surface area contributed by atoms with Crippen molar-refractivity contribution >= 4 is 41.2 Å². The number of aliphatic hydroxyl groups is 1. The summed E-state index contributed by atoms with van der Waals surface area (Å²) in [7, 11) is 0. The van der Waals surface area contributed by atoms with Crippen molar-refractivity contribution in [2.75, 3.05) is 31.2 Å². The van der Waals surface area contributed by atoms with Gasteiger partial charge in [-0.2, -0.15) is 5.10 Å². The molecule has 0 radical (unpaired) electrons. The number of anilines is 1. The second-order valence-electron chi connectivity index (χ2n) is 7.63. The molecule has 9 heteroatoms. The van der Waals surface area contributed by atoms with Crippen molar-refractivity contribution in [1.82, 2.24) is 9.80 Å². The monoisotopic (exact) mass is 426 g/mol. The van der Waals surface area contributed by atoms with Crippen molar-refractivity contribution in [1.29, 1.82) is 0 Å². The van der Waals surface area contributed by atoms with Gasteiger partial charge in [0.15, 0.2) is 6.23 Å². The Balaban J connectivity index is 1.65. The molecule has 152 valence electrons. The van der Waals surface area contributed by atoms with E-state index >= 15 is 0 Å². The largest absolute Gasteiger partial charge is 0.444 e. The first kappa shape index (κ1) is 20.8. The van der Waals surface area contributed by atoms with Crippen LogP contribution >= 0.6 is 23.2 Å². The zero-order chi connectivity index (χ0) is 20.5. The molecule has 1 atom stereocenters. The molecule has 1 unspecified atom stereocenters. The molecule has 1 N–H and O–H groups in total. The van der Waals surface area contributed by atoms with Gasteiger partial charge in [0.25, 0.3) is 0 Å². The van der Waals surface area contributed by atoms with Gasteiger partial charge in [-0.05, 0) is 45.0 Å². The molecule has 0 aromatic heterocycles. The number of halogens is 2. The van der Waals surface area contributed by atoms with Crippen LogP contribution in [0.3, 0.4) is 0 Å². The van der Waals surface area contributed by atoms with Gasteiger partial charge < -0.3 is 19.6 Å². The Morgan fingerprint density at radius 3 is 2.32 bits per heavy atom. The van der Waals surface area contributed by atoms with Crippen LogP contribution < -0.4 is 5.01 Å². The minimum absolute atomic E-state index is 0.288. The normalized spacial score (nSPS) is 20.6. The Kier molecular flexibility index (Phi) is 6.07. The molecule has 1 saturated heterocycles. The standard InChI is InChI=1S/C19H24Cl2N4O3/c1-19(2,3)28-18(27)24-10-8-23(9-11-24)15-12-22-25(17(26)16(15)21)14-6-4-13(20)5-7-14/h4-7,12,17,26H,8-11H2,1-3H3. The van der Waals surface area contributed by atoms with E-state index in [1.54, 1.807) is 35.4 Å². The van der Waals surface area contributed by atoms with Gasteiger partial charge in [-0.15, -0.1) is 0 Å². The predicted octanol–water partition coefficient (Wildman–Crippen LogP) is 3.47. The second kappa shape index (κ2) is 8.19. The summed E-state index contributed by atoms with van der Waals surface area (Å²) in [6.07, 6.45) is 0.220. The van der Waals surface area contributed by atoms with Crippen molar-refractivity contribution < 1.29 is 14.6 Å². The number of allylic oxidation sites excluding steroid dienone is 1. The summed E-state index contributed by atoms with van der Waals surface area (Å²) >= 11 is 12.4. The van der Waals surface area contributed by atoms with E-state index in [1.165, 1.54) is 5.01 Å². The summed E-state index contributed by atoms with van der Waals surface area (Å²) in [5, 5.41) is 17.3. The maximum absolute atomic E-state index is 12.2. The van der Waals surface area contributed by atoms with Crippen LogP contribution in [-0.4, -0.2) is 65.2 Å². The van der Waals surface area contributed by atoms with Crippen LogP contribution in [0.5, 0.6) is 0 Å². The second-order valence-corrected chi connectivity index (χ2v) is 8.47. The van der Waals surface area contributed by atoms with Gasteiger partial charge in [0.1, 0.15) is 5.60 Å². The van der Waals surface area contributed by atoms with E-state index < -0.39 is 11.8 Å². The quantitative estimate of drug-likeness (QED) is 0.783. The van der Waals surface area contributed by atoms with E-state index in [4.69, 9.17) is 27.9 Å². The number of benzene rings is 1. The SMILES string of the molecule is CC(C)(C)OC(=O)N1CCN(C2=C(Cl)C(O)N(c3ccc(Cl)cc3)N=C2)CC1. The molecule has 2 aliphatic heterocycles. The Hall–Kier alpha value is -1.96. The topological polar surface area (TPSA) is 68.6 Å². The summed E-state index contributed by atoms with van der Waals surface area (Å²) in [5.41, 5.74) is 0.814. The van der Waals surface area contributed by atoms with Gasteiger partial charge in [0, 0.05) is 31.2 Å². The third kappa shape index (κ3) is 4.71. The molecule has 0 spiro atoms. The van der Waals surface area contributed by atoms with Crippen LogP contribution in [0.15, 0.2) is 40.1 Å². The maximum Gasteiger partial charge on any atom is 0.410 e. The highest BCUT2D eigenvalue weighted by molar-refractivity contribution is 6.32. The number of carbonyl (C=O) groups excluding carboxylic acids is 1.